The van der Waals surface area contributed by atoms with Gasteiger partial charge in [0.1, 0.15) is 5.04 Å². The van der Waals surface area contributed by atoms with E-state index in [4.69, 9.17) is 5.73 Å². The van der Waals surface area contributed by atoms with Crippen LogP contribution in [0, 0.1) is 0 Å². The van der Waals surface area contributed by atoms with Crippen molar-refractivity contribution in [3.05, 3.63) is 0 Å². The normalized spacial score (nSPS) is 10.8. The van der Waals surface area contributed by atoms with E-state index in [0.717, 1.165) is 11.8 Å². The molecule has 0 aromatic heterocycles. The van der Waals surface area contributed by atoms with Gasteiger partial charge < -0.3 is 11.1 Å². The number of thioether (sulfide) groups is 1. The van der Waals surface area contributed by atoms with E-state index in [0.29, 0.717) is 5.04 Å². The summed E-state index contributed by atoms with van der Waals surface area (Å²) < 4.78 is 0. The third-order valence-electron chi connectivity index (χ3n) is 0.885. The smallest absolute Gasteiger partial charge is 0.369 e. The lowest BCUT2D eigenvalue weighted by molar-refractivity contribution is -0.115. The molecule has 0 atom stereocenters. The standard InChI is InChI=1S/C6H11N3O3S/c1-4(13-3-5(7)10)9-12-6(11)8-2/h3H2,1-2H3,(H2,7,10)(H,8,11)/b9-4-. The molecule has 0 aromatic rings. The minimum Gasteiger partial charge on any atom is -0.369 e. The molecule has 0 spiro atoms. The largest absolute Gasteiger partial charge is 0.433 e. The van der Waals surface area contributed by atoms with Gasteiger partial charge in [0, 0.05) is 7.05 Å². The van der Waals surface area contributed by atoms with Gasteiger partial charge >= 0.3 is 6.09 Å². The highest BCUT2D eigenvalue weighted by molar-refractivity contribution is 8.14. The molecule has 0 aliphatic rings. The molecule has 0 heterocycles. The number of nitrogens with two attached hydrogens (primary N) is 1. The highest BCUT2D eigenvalue weighted by atomic mass is 32.2. The fourth-order valence-corrected chi connectivity index (χ4v) is 0.794. The number of hydrogen-bond donors (Lipinski definition) is 2. The van der Waals surface area contributed by atoms with Gasteiger partial charge in [-0.3, -0.25) is 9.63 Å². The minimum atomic E-state index is -0.654. The first-order chi connectivity index (χ1) is 6.06. The molecular formula is C6H11N3O3S. The summed E-state index contributed by atoms with van der Waals surface area (Å²) in [7, 11) is 1.42. The number of nitrogens with one attached hydrogen (secondary N) is 1. The topological polar surface area (TPSA) is 93.8 Å². The minimum absolute atomic E-state index is 0.117. The molecule has 0 saturated carbocycles. The van der Waals surface area contributed by atoms with Gasteiger partial charge in [0.25, 0.3) is 0 Å². The number of oxime groups is 1. The van der Waals surface area contributed by atoms with Crippen LogP contribution in [-0.4, -0.2) is 29.8 Å². The number of primary amides is 1. The van der Waals surface area contributed by atoms with Gasteiger partial charge in [-0.15, -0.1) is 0 Å². The van der Waals surface area contributed by atoms with E-state index in [2.05, 4.69) is 15.3 Å². The lowest BCUT2D eigenvalue weighted by Gasteiger charge is -1.97. The number of rotatable bonds is 3. The molecular weight excluding hydrogens is 194 g/mol. The van der Waals surface area contributed by atoms with E-state index in [9.17, 15) is 9.59 Å². The Bertz CT molecular complexity index is 229. The van der Waals surface area contributed by atoms with Gasteiger partial charge in [0.15, 0.2) is 0 Å². The SMILES string of the molecule is CNC(=O)O/N=C(/C)SCC(N)=O. The van der Waals surface area contributed by atoms with Crippen molar-refractivity contribution in [3.63, 3.8) is 0 Å². The van der Waals surface area contributed by atoms with Gasteiger partial charge in [0.2, 0.25) is 5.91 Å². The first kappa shape index (κ1) is 11.8. The molecule has 0 fully saturated rings. The molecule has 7 heteroatoms. The Balaban J connectivity index is 3.75. The second-order valence-electron chi connectivity index (χ2n) is 1.99. The summed E-state index contributed by atoms with van der Waals surface area (Å²) in [6, 6.07) is 0. The van der Waals surface area contributed by atoms with Crippen LogP contribution in [0.5, 0.6) is 0 Å². The number of amides is 2. The highest BCUT2D eigenvalue weighted by Gasteiger charge is 2.00. The number of hydrogen-bond acceptors (Lipinski definition) is 5. The van der Waals surface area contributed by atoms with Crippen LogP contribution in [0.2, 0.25) is 0 Å². The van der Waals surface area contributed by atoms with Crippen LogP contribution < -0.4 is 11.1 Å². The fraction of sp³-hybridized carbons (Fsp3) is 0.500. The molecule has 3 N–H and O–H groups in total. The molecule has 74 valence electrons. The Kier molecular flexibility index (Phi) is 5.69. The Hall–Kier alpha value is -1.24. The van der Waals surface area contributed by atoms with E-state index < -0.39 is 12.0 Å². The highest BCUT2D eigenvalue weighted by Crippen LogP contribution is 2.02. The van der Waals surface area contributed by atoms with Gasteiger partial charge in [-0.1, -0.05) is 16.9 Å². The van der Waals surface area contributed by atoms with Gasteiger partial charge in [-0.05, 0) is 6.92 Å². The molecule has 0 aliphatic carbocycles. The molecule has 0 bridgehead atoms. The van der Waals surface area contributed by atoms with Crippen molar-refractivity contribution in [1.29, 1.82) is 0 Å². The van der Waals surface area contributed by atoms with E-state index in [1.54, 1.807) is 6.92 Å². The molecule has 6 nitrogen and oxygen atoms in total. The molecule has 0 aliphatic heterocycles. The van der Waals surface area contributed by atoms with Crippen LogP contribution in [0.4, 0.5) is 4.79 Å². The van der Waals surface area contributed by atoms with Crippen LogP contribution >= 0.6 is 11.8 Å². The first-order valence-corrected chi connectivity index (χ1v) is 4.39. The van der Waals surface area contributed by atoms with E-state index in [1.165, 1.54) is 7.05 Å². The Labute approximate surface area is 79.9 Å². The summed E-state index contributed by atoms with van der Waals surface area (Å²) in [6.45, 7) is 1.61. The molecule has 0 aromatic carbocycles. The predicted molar refractivity (Wildman–Crippen MR) is 50.3 cm³/mol. The van der Waals surface area contributed by atoms with Gasteiger partial charge in [-0.2, -0.15) is 0 Å². The predicted octanol–water partition coefficient (Wildman–Crippen LogP) is -0.106. The molecule has 2 amide bonds. The molecule has 0 saturated heterocycles. The van der Waals surface area contributed by atoms with Crippen LogP contribution in [0.3, 0.4) is 0 Å². The van der Waals surface area contributed by atoms with E-state index in [1.807, 2.05) is 0 Å². The zero-order chi connectivity index (χ0) is 10.3. The van der Waals surface area contributed by atoms with Crippen LogP contribution in [-0.2, 0) is 9.63 Å². The van der Waals surface area contributed by atoms with Crippen molar-refractivity contribution in [2.45, 2.75) is 6.92 Å². The molecule has 0 radical (unpaired) electrons. The summed E-state index contributed by atoms with van der Waals surface area (Å²) in [5.41, 5.74) is 4.89. The summed E-state index contributed by atoms with van der Waals surface area (Å²) >= 11 is 1.11. The lowest BCUT2D eigenvalue weighted by atomic mass is 10.8. The van der Waals surface area contributed by atoms with E-state index in [-0.39, 0.29) is 5.75 Å². The maximum absolute atomic E-state index is 10.5. The monoisotopic (exact) mass is 205 g/mol. The van der Waals surface area contributed by atoms with Crippen molar-refractivity contribution in [3.8, 4) is 0 Å². The quantitative estimate of drug-likeness (QED) is 0.291. The Morgan fingerprint density at radius 1 is 1.62 bits per heavy atom. The maximum atomic E-state index is 10.5. The Morgan fingerprint density at radius 3 is 2.69 bits per heavy atom. The van der Waals surface area contributed by atoms with Crippen LogP contribution in [0.25, 0.3) is 0 Å². The fourth-order valence-electron chi connectivity index (χ4n) is 0.353. The molecule has 0 unspecified atom stereocenters. The second-order valence-corrected chi connectivity index (χ2v) is 3.16. The van der Waals surface area contributed by atoms with Crippen molar-refractivity contribution in [1.82, 2.24) is 5.32 Å². The second kappa shape index (κ2) is 6.30. The molecule has 0 rings (SSSR count). The summed E-state index contributed by atoms with van der Waals surface area (Å²) in [4.78, 5) is 25.2. The van der Waals surface area contributed by atoms with Gasteiger partial charge in [-0.25, -0.2) is 4.79 Å². The zero-order valence-corrected chi connectivity index (χ0v) is 8.18. The third-order valence-corrected chi connectivity index (χ3v) is 1.81. The summed E-state index contributed by atoms with van der Waals surface area (Å²) in [5.74, 6) is -0.327. The van der Waals surface area contributed by atoms with Crippen molar-refractivity contribution < 1.29 is 14.4 Å². The number of nitrogens with zero attached hydrogens (tertiary/aromatic N) is 1. The summed E-state index contributed by atoms with van der Waals surface area (Å²) in [6.07, 6.45) is -0.654. The van der Waals surface area contributed by atoms with Gasteiger partial charge in [0.05, 0.1) is 5.75 Å². The third kappa shape index (κ3) is 7.13. The number of carbonyl (C=O) groups excluding carboxylic acids is 2. The summed E-state index contributed by atoms with van der Waals surface area (Å²) in [5, 5.41) is 6.10. The molecule has 13 heavy (non-hydrogen) atoms. The maximum Gasteiger partial charge on any atom is 0.433 e. The average Bonchev–Trinajstić information content (AvgIpc) is 2.10. The van der Waals surface area contributed by atoms with Crippen LogP contribution in [0.1, 0.15) is 6.92 Å². The Morgan fingerprint density at radius 2 is 2.23 bits per heavy atom. The van der Waals surface area contributed by atoms with Crippen molar-refractivity contribution >= 4 is 28.8 Å². The van der Waals surface area contributed by atoms with E-state index >= 15 is 0 Å². The van der Waals surface area contributed by atoms with Crippen molar-refractivity contribution in [2.24, 2.45) is 10.9 Å². The van der Waals surface area contributed by atoms with Crippen molar-refractivity contribution in [2.75, 3.05) is 12.8 Å². The first-order valence-electron chi connectivity index (χ1n) is 3.40. The van der Waals surface area contributed by atoms with Crippen LogP contribution in [0.15, 0.2) is 5.16 Å². The lowest BCUT2D eigenvalue weighted by Crippen LogP contribution is -2.17. The zero-order valence-electron chi connectivity index (χ0n) is 7.36. The number of carbonyl (C=O) groups is 2. The average molecular weight is 205 g/mol.